The number of fused-ring (bicyclic) bond motifs is 1. The van der Waals surface area contributed by atoms with Crippen LogP contribution >= 0.6 is 11.6 Å². The molecule has 0 radical (unpaired) electrons. The van der Waals surface area contributed by atoms with E-state index >= 15 is 0 Å². The highest BCUT2D eigenvalue weighted by molar-refractivity contribution is 6.36. The van der Waals surface area contributed by atoms with E-state index in [-0.39, 0.29) is 0 Å². The fourth-order valence-electron chi connectivity index (χ4n) is 2.76. The Morgan fingerprint density at radius 3 is 2.48 bits per heavy atom. The average molecular weight is 334 g/mol. The lowest BCUT2D eigenvalue weighted by Crippen LogP contribution is -2.31. The largest absolute Gasteiger partial charge is 0.383 e. The molecule has 0 saturated carbocycles. The molecule has 0 fully saturated rings. The number of unbranched alkanes of at least 4 members (excludes halogenated alkanes) is 2. The number of hydrogen-bond donors (Lipinski definition) is 1. The van der Waals surface area contributed by atoms with Crippen LogP contribution in [0.2, 0.25) is 5.02 Å². The lowest BCUT2D eigenvalue weighted by Gasteiger charge is -2.22. The summed E-state index contributed by atoms with van der Waals surface area (Å²) in [7, 11) is 0. The Hall–Kier alpha value is -1.32. The summed E-state index contributed by atoms with van der Waals surface area (Å²) in [5, 5.41) is 5.32. The molecule has 0 aliphatic rings. The molecule has 0 aliphatic carbocycles. The van der Waals surface area contributed by atoms with Crippen molar-refractivity contribution in [3.05, 3.63) is 35.5 Å². The van der Waals surface area contributed by atoms with Crippen molar-refractivity contribution in [1.29, 1.82) is 0 Å². The van der Waals surface area contributed by atoms with Gasteiger partial charge in [-0.25, -0.2) is 0 Å². The van der Waals surface area contributed by atoms with Crippen LogP contribution < -0.4 is 5.32 Å². The molecule has 1 N–H and O–H groups in total. The van der Waals surface area contributed by atoms with Crippen molar-refractivity contribution in [3.63, 3.8) is 0 Å². The molecule has 1 aromatic heterocycles. The molecule has 0 aliphatic heterocycles. The maximum atomic E-state index is 6.35. The van der Waals surface area contributed by atoms with Gasteiger partial charge in [0.2, 0.25) is 0 Å². The van der Waals surface area contributed by atoms with Gasteiger partial charge in [0.15, 0.2) is 0 Å². The summed E-state index contributed by atoms with van der Waals surface area (Å²) in [5.41, 5.74) is 2.02. The Kier molecular flexibility index (Phi) is 7.63. The summed E-state index contributed by atoms with van der Waals surface area (Å²) >= 11 is 6.35. The maximum Gasteiger partial charge on any atom is 0.0737 e. The minimum atomic E-state index is 0.756. The van der Waals surface area contributed by atoms with Crippen molar-refractivity contribution in [2.24, 2.45) is 0 Å². The molecule has 126 valence electrons. The predicted octanol–water partition coefficient (Wildman–Crippen LogP) is 5.20. The van der Waals surface area contributed by atoms with Crippen molar-refractivity contribution < 1.29 is 0 Å². The molecule has 0 atom stereocenters. The molecule has 0 spiro atoms. The zero-order chi connectivity index (χ0) is 16.5. The summed E-state index contributed by atoms with van der Waals surface area (Å²) in [6.45, 7) is 8.88. The molecule has 0 saturated heterocycles. The maximum absolute atomic E-state index is 6.35. The SMILES string of the molecule is CCCCN(CCCC)CCNc1ccnc2cccc(Cl)c12. The number of aromatic nitrogens is 1. The predicted molar refractivity (Wildman–Crippen MR) is 101 cm³/mol. The number of anilines is 1. The molecule has 2 rings (SSSR count). The minimum Gasteiger partial charge on any atom is -0.383 e. The molecular weight excluding hydrogens is 306 g/mol. The van der Waals surface area contributed by atoms with Gasteiger partial charge in [-0.1, -0.05) is 44.4 Å². The second-order valence-corrected chi connectivity index (χ2v) is 6.38. The minimum absolute atomic E-state index is 0.756. The van der Waals surface area contributed by atoms with E-state index in [1.165, 1.54) is 38.8 Å². The highest BCUT2D eigenvalue weighted by Crippen LogP contribution is 2.28. The monoisotopic (exact) mass is 333 g/mol. The Bertz CT molecular complexity index is 587. The highest BCUT2D eigenvalue weighted by Gasteiger charge is 2.07. The number of nitrogens with one attached hydrogen (secondary N) is 1. The number of halogens is 1. The standard InChI is InChI=1S/C19H28ClN3/c1-3-5-13-23(14-6-4-2)15-12-22-18-10-11-21-17-9-7-8-16(20)19(17)18/h7-11H,3-6,12-15H2,1-2H3,(H,21,22). The Balaban J connectivity index is 1.97. The van der Waals surface area contributed by atoms with E-state index in [2.05, 4.69) is 29.0 Å². The van der Waals surface area contributed by atoms with Crippen molar-refractivity contribution in [3.8, 4) is 0 Å². The molecule has 0 amide bonds. The van der Waals surface area contributed by atoms with Crippen molar-refractivity contribution in [2.45, 2.75) is 39.5 Å². The molecule has 0 unspecified atom stereocenters. The zero-order valence-corrected chi connectivity index (χ0v) is 15.1. The summed E-state index contributed by atoms with van der Waals surface area (Å²) < 4.78 is 0. The quantitative estimate of drug-likeness (QED) is 0.647. The van der Waals surface area contributed by atoms with Gasteiger partial charge in [-0.15, -0.1) is 0 Å². The van der Waals surface area contributed by atoms with Gasteiger partial charge in [0.25, 0.3) is 0 Å². The van der Waals surface area contributed by atoms with Crippen molar-refractivity contribution in [1.82, 2.24) is 9.88 Å². The van der Waals surface area contributed by atoms with Gasteiger partial charge in [0.05, 0.1) is 10.5 Å². The molecule has 0 bridgehead atoms. The van der Waals surface area contributed by atoms with E-state index in [4.69, 9.17) is 11.6 Å². The van der Waals surface area contributed by atoms with Crippen LogP contribution in [-0.2, 0) is 0 Å². The smallest absolute Gasteiger partial charge is 0.0737 e. The first-order valence-electron chi connectivity index (χ1n) is 8.75. The second-order valence-electron chi connectivity index (χ2n) is 5.97. The van der Waals surface area contributed by atoms with Crippen molar-refractivity contribution >= 4 is 28.2 Å². The van der Waals surface area contributed by atoms with Gasteiger partial charge < -0.3 is 10.2 Å². The number of rotatable bonds is 10. The van der Waals surface area contributed by atoms with Crippen LogP contribution in [-0.4, -0.2) is 36.1 Å². The summed E-state index contributed by atoms with van der Waals surface area (Å²) in [5.74, 6) is 0. The number of hydrogen-bond acceptors (Lipinski definition) is 3. The molecule has 4 heteroatoms. The molecule has 23 heavy (non-hydrogen) atoms. The summed E-state index contributed by atoms with van der Waals surface area (Å²) in [4.78, 5) is 6.95. The molecule has 3 nitrogen and oxygen atoms in total. The van der Waals surface area contributed by atoms with E-state index in [1.54, 1.807) is 0 Å². The number of nitrogens with zero attached hydrogens (tertiary/aromatic N) is 2. The van der Waals surface area contributed by atoms with Gasteiger partial charge in [0, 0.05) is 30.4 Å². The zero-order valence-electron chi connectivity index (χ0n) is 14.3. The van der Waals surface area contributed by atoms with E-state index in [9.17, 15) is 0 Å². The van der Waals surface area contributed by atoms with Crippen molar-refractivity contribution in [2.75, 3.05) is 31.5 Å². The third-order valence-electron chi connectivity index (χ3n) is 4.12. The Morgan fingerprint density at radius 1 is 1.04 bits per heavy atom. The van der Waals surface area contributed by atoms with Crippen LogP contribution in [0.1, 0.15) is 39.5 Å². The fourth-order valence-corrected chi connectivity index (χ4v) is 3.03. The number of benzene rings is 1. The second kappa shape index (κ2) is 9.74. The first kappa shape index (κ1) is 18.0. The number of pyridine rings is 1. The fraction of sp³-hybridized carbons (Fsp3) is 0.526. The topological polar surface area (TPSA) is 28.2 Å². The third-order valence-corrected chi connectivity index (χ3v) is 4.43. The molecular formula is C19H28ClN3. The Labute approximate surface area is 145 Å². The summed E-state index contributed by atoms with van der Waals surface area (Å²) in [6, 6.07) is 7.88. The van der Waals surface area contributed by atoms with Gasteiger partial charge in [-0.05, 0) is 44.1 Å². The van der Waals surface area contributed by atoms with Gasteiger partial charge in [0.1, 0.15) is 0 Å². The van der Waals surface area contributed by atoms with E-state index in [0.717, 1.165) is 34.7 Å². The van der Waals surface area contributed by atoms with Crippen LogP contribution in [0.5, 0.6) is 0 Å². The summed E-state index contributed by atoms with van der Waals surface area (Å²) in [6.07, 6.45) is 6.88. The normalized spacial score (nSPS) is 11.3. The van der Waals surface area contributed by atoms with Crippen LogP contribution in [0.4, 0.5) is 5.69 Å². The molecule has 2 aromatic rings. The van der Waals surface area contributed by atoms with E-state index < -0.39 is 0 Å². The van der Waals surface area contributed by atoms with Crippen LogP contribution in [0, 0.1) is 0 Å². The first-order valence-corrected chi connectivity index (χ1v) is 9.13. The lowest BCUT2D eigenvalue weighted by molar-refractivity contribution is 0.275. The van der Waals surface area contributed by atoms with Gasteiger partial charge >= 0.3 is 0 Å². The molecule has 1 heterocycles. The molecule has 1 aromatic carbocycles. The van der Waals surface area contributed by atoms with Gasteiger partial charge in [-0.2, -0.15) is 0 Å². The Morgan fingerprint density at radius 2 is 1.78 bits per heavy atom. The van der Waals surface area contributed by atoms with Crippen LogP contribution in [0.25, 0.3) is 10.9 Å². The first-order chi connectivity index (χ1) is 11.3. The third kappa shape index (κ3) is 5.36. The van der Waals surface area contributed by atoms with Gasteiger partial charge in [-0.3, -0.25) is 4.98 Å². The van der Waals surface area contributed by atoms with E-state index in [0.29, 0.717) is 0 Å². The van der Waals surface area contributed by atoms with Crippen LogP contribution in [0.3, 0.4) is 0 Å². The highest BCUT2D eigenvalue weighted by atomic mass is 35.5. The van der Waals surface area contributed by atoms with Crippen LogP contribution in [0.15, 0.2) is 30.5 Å². The average Bonchev–Trinajstić information content (AvgIpc) is 2.57. The lowest BCUT2D eigenvalue weighted by atomic mass is 10.2. The van der Waals surface area contributed by atoms with E-state index in [1.807, 2.05) is 30.5 Å².